The average molecular weight is 202 g/mol. The molecule has 0 aliphatic carbocycles. The van der Waals surface area contributed by atoms with E-state index in [-0.39, 0.29) is 12.8 Å². The minimum Gasteiger partial charge on any atom is -0.459 e. The first-order valence-corrected chi connectivity index (χ1v) is 4.49. The Balaban J connectivity index is 3.94. The van der Waals surface area contributed by atoms with E-state index in [1.807, 2.05) is 0 Å². The van der Waals surface area contributed by atoms with E-state index < -0.39 is 23.5 Å². The second kappa shape index (κ2) is 4.95. The van der Waals surface area contributed by atoms with Crippen molar-refractivity contribution in [3.8, 4) is 0 Å². The Kier molecular flexibility index (Phi) is 4.56. The molecule has 0 aromatic rings. The molecule has 0 aromatic heterocycles. The molecule has 0 rings (SSSR count). The molecule has 1 unspecified atom stereocenters. The maximum Gasteiger partial charge on any atom is 0.323 e. The highest BCUT2D eigenvalue weighted by molar-refractivity contribution is 5.78. The van der Waals surface area contributed by atoms with Gasteiger partial charge in [-0.25, -0.2) is 0 Å². The zero-order valence-electron chi connectivity index (χ0n) is 8.87. The number of rotatable bonds is 4. The molecule has 0 bridgehead atoms. The van der Waals surface area contributed by atoms with Crippen molar-refractivity contribution in [3.05, 3.63) is 0 Å². The van der Waals surface area contributed by atoms with Crippen LogP contribution in [0.5, 0.6) is 0 Å². The fourth-order valence-electron chi connectivity index (χ4n) is 0.793. The van der Waals surface area contributed by atoms with Crippen LogP contribution in [0.3, 0.4) is 0 Å². The predicted octanol–water partition coefficient (Wildman–Crippen LogP) is -0.0791. The summed E-state index contributed by atoms with van der Waals surface area (Å²) < 4.78 is 5.02. The highest BCUT2D eigenvalue weighted by Gasteiger charge is 2.22. The van der Waals surface area contributed by atoms with Crippen LogP contribution in [0.2, 0.25) is 0 Å². The van der Waals surface area contributed by atoms with Gasteiger partial charge in [0.05, 0.1) is 0 Å². The smallest absolute Gasteiger partial charge is 0.323 e. The highest BCUT2D eigenvalue weighted by atomic mass is 16.6. The fourth-order valence-corrected chi connectivity index (χ4v) is 0.793. The number of carbonyl (C=O) groups excluding carboxylic acids is 2. The number of esters is 1. The van der Waals surface area contributed by atoms with Gasteiger partial charge in [0.1, 0.15) is 11.6 Å². The molecule has 0 spiro atoms. The Morgan fingerprint density at radius 3 is 2.21 bits per heavy atom. The van der Waals surface area contributed by atoms with Gasteiger partial charge in [0, 0.05) is 6.42 Å². The highest BCUT2D eigenvalue weighted by Crippen LogP contribution is 2.09. The molecule has 4 N–H and O–H groups in total. The van der Waals surface area contributed by atoms with Crippen LogP contribution in [0.25, 0.3) is 0 Å². The van der Waals surface area contributed by atoms with Crippen molar-refractivity contribution in [2.45, 2.75) is 45.3 Å². The minimum absolute atomic E-state index is 0.0976. The summed E-state index contributed by atoms with van der Waals surface area (Å²) >= 11 is 0. The molecule has 14 heavy (non-hydrogen) atoms. The third kappa shape index (κ3) is 6.42. The number of amides is 1. The summed E-state index contributed by atoms with van der Waals surface area (Å²) in [6.07, 6.45) is 0.324. The van der Waals surface area contributed by atoms with E-state index in [9.17, 15) is 9.59 Å². The molecular formula is C9H18N2O3. The van der Waals surface area contributed by atoms with Crippen LogP contribution < -0.4 is 11.5 Å². The van der Waals surface area contributed by atoms with Crippen molar-refractivity contribution in [1.29, 1.82) is 0 Å². The van der Waals surface area contributed by atoms with E-state index >= 15 is 0 Å². The summed E-state index contributed by atoms with van der Waals surface area (Å²) in [5.74, 6) is -0.970. The van der Waals surface area contributed by atoms with Crippen LogP contribution in [0, 0.1) is 0 Å². The summed E-state index contributed by atoms with van der Waals surface area (Å²) in [6.45, 7) is 5.27. The molecule has 82 valence electrons. The summed E-state index contributed by atoms with van der Waals surface area (Å²) in [5.41, 5.74) is 9.86. The standard InChI is InChI=1S/C9H18N2O3/c1-9(2,3)14-8(13)6(10)4-5-7(11)12/h6H,4-5,10H2,1-3H3,(H2,11,12). The zero-order valence-corrected chi connectivity index (χ0v) is 8.87. The van der Waals surface area contributed by atoms with Crippen LogP contribution in [-0.4, -0.2) is 23.5 Å². The maximum atomic E-state index is 11.3. The fraction of sp³-hybridized carbons (Fsp3) is 0.778. The van der Waals surface area contributed by atoms with Crippen molar-refractivity contribution in [2.75, 3.05) is 0 Å². The van der Waals surface area contributed by atoms with Gasteiger partial charge in [-0.05, 0) is 27.2 Å². The first kappa shape index (κ1) is 12.9. The molecule has 0 fully saturated rings. The lowest BCUT2D eigenvalue weighted by Crippen LogP contribution is -2.38. The summed E-state index contributed by atoms with van der Waals surface area (Å²) in [6, 6.07) is -0.776. The quantitative estimate of drug-likeness (QED) is 0.623. The zero-order chi connectivity index (χ0) is 11.4. The monoisotopic (exact) mass is 202 g/mol. The molecule has 1 amide bonds. The van der Waals surface area contributed by atoms with Gasteiger partial charge >= 0.3 is 5.97 Å². The van der Waals surface area contributed by atoms with Gasteiger partial charge in [-0.2, -0.15) is 0 Å². The lowest BCUT2D eigenvalue weighted by Gasteiger charge is -2.21. The van der Waals surface area contributed by atoms with Gasteiger partial charge in [-0.1, -0.05) is 0 Å². The minimum atomic E-state index is -0.776. The van der Waals surface area contributed by atoms with Crippen molar-refractivity contribution in [3.63, 3.8) is 0 Å². The number of hydrogen-bond acceptors (Lipinski definition) is 4. The summed E-state index contributed by atoms with van der Waals surface area (Å²) in [4.78, 5) is 21.7. The molecule has 0 saturated carbocycles. The van der Waals surface area contributed by atoms with Crippen molar-refractivity contribution < 1.29 is 14.3 Å². The Morgan fingerprint density at radius 2 is 1.86 bits per heavy atom. The SMILES string of the molecule is CC(C)(C)OC(=O)C(N)CCC(N)=O. The number of nitrogens with two attached hydrogens (primary N) is 2. The normalized spacial score (nSPS) is 13.4. The summed E-state index contributed by atoms with van der Waals surface area (Å²) in [7, 11) is 0. The van der Waals surface area contributed by atoms with Gasteiger partial charge in [0.2, 0.25) is 5.91 Å². The van der Waals surface area contributed by atoms with Crippen LogP contribution in [0.1, 0.15) is 33.6 Å². The number of carbonyl (C=O) groups is 2. The largest absolute Gasteiger partial charge is 0.459 e. The molecule has 0 aliphatic rings. The van der Waals surface area contributed by atoms with E-state index in [0.717, 1.165) is 0 Å². The first-order chi connectivity index (χ1) is 6.22. The molecule has 0 aromatic carbocycles. The van der Waals surface area contributed by atoms with E-state index in [1.54, 1.807) is 20.8 Å². The van der Waals surface area contributed by atoms with Gasteiger partial charge in [-0.15, -0.1) is 0 Å². The molecule has 5 heteroatoms. The molecule has 5 nitrogen and oxygen atoms in total. The predicted molar refractivity (Wildman–Crippen MR) is 52.2 cm³/mol. The van der Waals surface area contributed by atoms with Crippen LogP contribution >= 0.6 is 0 Å². The van der Waals surface area contributed by atoms with Crippen molar-refractivity contribution in [1.82, 2.24) is 0 Å². The lowest BCUT2D eigenvalue weighted by molar-refractivity contribution is -0.156. The molecule has 0 radical (unpaired) electrons. The van der Waals surface area contributed by atoms with Gasteiger partial charge in [-0.3, -0.25) is 9.59 Å². The molecular weight excluding hydrogens is 184 g/mol. The Labute approximate surface area is 83.8 Å². The second-order valence-electron chi connectivity index (χ2n) is 4.14. The van der Waals surface area contributed by atoms with E-state index in [1.165, 1.54) is 0 Å². The Bertz CT molecular complexity index is 221. The van der Waals surface area contributed by atoms with Gasteiger partial charge < -0.3 is 16.2 Å². The van der Waals surface area contributed by atoms with Crippen LogP contribution in [0.15, 0.2) is 0 Å². The summed E-state index contributed by atoms with van der Waals surface area (Å²) in [5, 5.41) is 0. The Hall–Kier alpha value is -1.10. The molecule has 0 saturated heterocycles. The number of ether oxygens (including phenoxy) is 1. The van der Waals surface area contributed by atoms with E-state index in [4.69, 9.17) is 16.2 Å². The molecule has 1 atom stereocenters. The molecule has 0 aliphatic heterocycles. The van der Waals surface area contributed by atoms with Gasteiger partial charge in [0.15, 0.2) is 0 Å². The topological polar surface area (TPSA) is 95.4 Å². The van der Waals surface area contributed by atoms with E-state index in [2.05, 4.69) is 0 Å². The molecule has 0 heterocycles. The number of hydrogen-bond donors (Lipinski definition) is 2. The Morgan fingerprint density at radius 1 is 1.36 bits per heavy atom. The van der Waals surface area contributed by atoms with Crippen molar-refractivity contribution in [2.24, 2.45) is 11.5 Å². The van der Waals surface area contributed by atoms with Crippen LogP contribution in [0.4, 0.5) is 0 Å². The lowest BCUT2D eigenvalue weighted by atomic mass is 10.1. The second-order valence-corrected chi connectivity index (χ2v) is 4.14. The van der Waals surface area contributed by atoms with Crippen LogP contribution in [-0.2, 0) is 14.3 Å². The maximum absolute atomic E-state index is 11.3. The first-order valence-electron chi connectivity index (χ1n) is 4.49. The average Bonchev–Trinajstić information content (AvgIpc) is 1.96. The van der Waals surface area contributed by atoms with E-state index in [0.29, 0.717) is 0 Å². The van der Waals surface area contributed by atoms with Gasteiger partial charge in [0.25, 0.3) is 0 Å². The third-order valence-electron chi connectivity index (χ3n) is 1.41. The number of primary amides is 1. The van der Waals surface area contributed by atoms with Crippen molar-refractivity contribution >= 4 is 11.9 Å². The third-order valence-corrected chi connectivity index (χ3v) is 1.41.